The maximum atomic E-state index is 12.2. The highest BCUT2D eigenvalue weighted by Crippen LogP contribution is 2.19. The molecule has 6 nitrogen and oxygen atoms in total. The third-order valence-electron chi connectivity index (χ3n) is 4.21. The van der Waals surface area contributed by atoms with Crippen LogP contribution in [0.2, 0.25) is 0 Å². The van der Waals surface area contributed by atoms with Gasteiger partial charge in [-0.25, -0.2) is 8.42 Å². The molecule has 0 bridgehead atoms. The number of nitrogens with zero attached hydrogens (tertiary/aromatic N) is 1. The zero-order valence-electron chi connectivity index (χ0n) is 13.8. The van der Waals surface area contributed by atoms with Crippen LogP contribution in [0.5, 0.6) is 0 Å². The molecule has 1 aliphatic heterocycles. The Labute approximate surface area is 147 Å². The summed E-state index contributed by atoms with van der Waals surface area (Å²) in [6.45, 7) is 1.02. The Morgan fingerprint density at radius 2 is 2.00 bits per heavy atom. The number of benzene rings is 1. The van der Waals surface area contributed by atoms with Crippen molar-refractivity contribution in [2.75, 3.05) is 23.4 Å². The summed E-state index contributed by atoms with van der Waals surface area (Å²) in [6, 6.07) is 13.1. The summed E-state index contributed by atoms with van der Waals surface area (Å²) in [5.74, 6) is 0.377. The zero-order chi connectivity index (χ0) is 17.7. The standard InChI is InChI=1S/C18H21N3O3S/c22-18(21-11-14-4-2-1-3-5-14)17-10-16(6-8-19-17)20-12-15-7-9-25(23,24)13-15/h1-6,8,10,15H,7,9,11-13H2,(H,19,20)(H,21,22)/t15-/m0/s1. The zero-order valence-corrected chi connectivity index (χ0v) is 14.6. The van der Waals surface area contributed by atoms with E-state index in [0.29, 0.717) is 25.2 Å². The van der Waals surface area contributed by atoms with Crippen LogP contribution in [0.25, 0.3) is 0 Å². The van der Waals surface area contributed by atoms with Crippen LogP contribution in [-0.4, -0.2) is 37.4 Å². The number of hydrogen-bond donors (Lipinski definition) is 2. The number of amides is 1. The van der Waals surface area contributed by atoms with E-state index in [-0.39, 0.29) is 23.3 Å². The number of hydrogen-bond acceptors (Lipinski definition) is 5. The molecule has 0 unspecified atom stereocenters. The van der Waals surface area contributed by atoms with E-state index in [2.05, 4.69) is 15.6 Å². The molecule has 1 atom stereocenters. The number of carbonyl (C=O) groups excluding carboxylic acids is 1. The monoisotopic (exact) mass is 359 g/mol. The quantitative estimate of drug-likeness (QED) is 0.822. The Morgan fingerprint density at radius 3 is 2.72 bits per heavy atom. The van der Waals surface area contributed by atoms with Gasteiger partial charge in [0.25, 0.3) is 5.91 Å². The van der Waals surface area contributed by atoms with Crippen molar-refractivity contribution >= 4 is 21.4 Å². The van der Waals surface area contributed by atoms with E-state index < -0.39 is 9.84 Å². The van der Waals surface area contributed by atoms with E-state index in [0.717, 1.165) is 11.3 Å². The van der Waals surface area contributed by atoms with Gasteiger partial charge in [-0.1, -0.05) is 30.3 Å². The first-order valence-electron chi connectivity index (χ1n) is 8.24. The molecule has 2 heterocycles. The van der Waals surface area contributed by atoms with Gasteiger partial charge in [-0.15, -0.1) is 0 Å². The van der Waals surface area contributed by atoms with Crippen molar-refractivity contribution in [1.29, 1.82) is 0 Å². The van der Waals surface area contributed by atoms with E-state index in [9.17, 15) is 13.2 Å². The fourth-order valence-electron chi connectivity index (χ4n) is 2.83. The molecule has 1 amide bonds. The SMILES string of the molecule is O=C(NCc1ccccc1)c1cc(NC[C@@H]2CCS(=O)(=O)C2)ccn1. The van der Waals surface area contributed by atoms with Crippen LogP contribution < -0.4 is 10.6 Å². The minimum absolute atomic E-state index is 0.119. The lowest BCUT2D eigenvalue weighted by atomic mass is 10.1. The highest BCUT2D eigenvalue weighted by Gasteiger charge is 2.27. The van der Waals surface area contributed by atoms with Crippen LogP contribution in [-0.2, 0) is 16.4 Å². The summed E-state index contributed by atoms with van der Waals surface area (Å²) in [4.78, 5) is 16.3. The van der Waals surface area contributed by atoms with Crippen LogP contribution >= 0.6 is 0 Å². The molecule has 1 aromatic carbocycles. The third-order valence-corrected chi connectivity index (χ3v) is 6.05. The Kier molecular flexibility index (Phi) is 5.33. The minimum Gasteiger partial charge on any atom is -0.385 e. The number of aromatic nitrogens is 1. The van der Waals surface area contributed by atoms with Gasteiger partial charge in [-0.05, 0) is 30.0 Å². The molecule has 0 radical (unpaired) electrons. The summed E-state index contributed by atoms with van der Waals surface area (Å²) in [5, 5.41) is 6.05. The number of anilines is 1. The van der Waals surface area contributed by atoms with Crippen molar-refractivity contribution in [2.45, 2.75) is 13.0 Å². The van der Waals surface area contributed by atoms with Crippen molar-refractivity contribution in [3.63, 3.8) is 0 Å². The van der Waals surface area contributed by atoms with Crippen molar-refractivity contribution in [1.82, 2.24) is 10.3 Å². The maximum absolute atomic E-state index is 12.2. The van der Waals surface area contributed by atoms with Crippen molar-refractivity contribution in [3.8, 4) is 0 Å². The number of sulfone groups is 1. The second-order valence-electron chi connectivity index (χ2n) is 6.25. The van der Waals surface area contributed by atoms with E-state index in [4.69, 9.17) is 0 Å². The van der Waals surface area contributed by atoms with Gasteiger partial charge in [0, 0.05) is 25.0 Å². The average Bonchev–Trinajstić information content (AvgIpc) is 2.98. The minimum atomic E-state index is -2.87. The number of pyridine rings is 1. The molecular formula is C18H21N3O3S. The van der Waals surface area contributed by atoms with Crippen LogP contribution in [0.4, 0.5) is 5.69 Å². The topological polar surface area (TPSA) is 88.2 Å². The summed E-state index contributed by atoms with van der Waals surface area (Å²) < 4.78 is 23.0. The lowest BCUT2D eigenvalue weighted by molar-refractivity contribution is 0.0946. The number of rotatable bonds is 6. The molecule has 3 rings (SSSR count). The van der Waals surface area contributed by atoms with Crippen LogP contribution in [0, 0.1) is 5.92 Å². The van der Waals surface area contributed by atoms with E-state index >= 15 is 0 Å². The summed E-state index contributed by atoms with van der Waals surface area (Å²) in [6.07, 6.45) is 2.26. The van der Waals surface area contributed by atoms with Gasteiger partial charge < -0.3 is 10.6 Å². The Morgan fingerprint density at radius 1 is 1.20 bits per heavy atom. The van der Waals surface area contributed by atoms with Gasteiger partial charge in [0.15, 0.2) is 9.84 Å². The van der Waals surface area contributed by atoms with Gasteiger partial charge in [0.1, 0.15) is 5.69 Å². The molecule has 0 spiro atoms. The van der Waals surface area contributed by atoms with Crippen molar-refractivity contribution in [2.24, 2.45) is 5.92 Å². The largest absolute Gasteiger partial charge is 0.385 e. The van der Waals surface area contributed by atoms with E-state index in [1.807, 2.05) is 30.3 Å². The van der Waals surface area contributed by atoms with Crippen LogP contribution in [0.3, 0.4) is 0 Å². The molecule has 0 saturated carbocycles. The normalized spacial score (nSPS) is 18.6. The second-order valence-corrected chi connectivity index (χ2v) is 8.48. The fraction of sp³-hybridized carbons (Fsp3) is 0.333. The van der Waals surface area contributed by atoms with Gasteiger partial charge in [-0.2, -0.15) is 0 Å². The predicted molar refractivity (Wildman–Crippen MR) is 97.1 cm³/mol. The van der Waals surface area contributed by atoms with Gasteiger partial charge >= 0.3 is 0 Å². The molecule has 1 fully saturated rings. The molecule has 1 aromatic heterocycles. The van der Waals surface area contributed by atoms with Gasteiger partial charge in [0.05, 0.1) is 11.5 Å². The van der Waals surface area contributed by atoms with Crippen molar-refractivity contribution in [3.05, 3.63) is 59.9 Å². The Bertz CT molecular complexity index is 838. The number of nitrogens with one attached hydrogen (secondary N) is 2. The fourth-order valence-corrected chi connectivity index (χ4v) is 4.69. The van der Waals surface area contributed by atoms with Gasteiger partial charge in [-0.3, -0.25) is 9.78 Å². The van der Waals surface area contributed by atoms with E-state index in [1.54, 1.807) is 18.3 Å². The highest BCUT2D eigenvalue weighted by atomic mass is 32.2. The average molecular weight is 359 g/mol. The molecule has 7 heteroatoms. The summed E-state index contributed by atoms with van der Waals surface area (Å²) in [5.41, 5.74) is 2.12. The van der Waals surface area contributed by atoms with Crippen LogP contribution in [0.15, 0.2) is 48.7 Å². The third kappa shape index (κ3) is 5.03. The molecular weight excluding hydrogens is 338 g/mol. The molecule has 1 aliphatic rings. The van der Waals surface area contributed by atoms with Crippen molar-refractivity contribution < 1.29 is 13.2 Å². The molecule has 1 saturated heterocycles. The molecule has 2 aromatic rings. The number of carbonyl (C=O) groups is 1. The Balaban J connectivity index is 1.54. The smallest absolute Gasteiger partial charge is 0.270 e. The lowest BCUT2D eigenvalue weighted by Gasteiger charge is -2.11. The first-order chi connectivity index (χ1) is 12.0. The molecule has 25 heavy (non-hydrogen) atoms. The Hall–Kier alpha value is -2.41. The van der Waals surface area contributed by atoms with Crippen LogP contribution in [0.1, 0.15) is 22.5 Å². The first-order valence-corrected chi connectivity index (χ1v) is 10.1. The summed E-state index contributed by atoms with van der Waals surface area (Å²) in [7, 11) is -2.87. The summed E-state index contributed by atoms with van der Waals surface area (Å²) >= 11 is 0. The molecule has 2 N–H and O–H groups in total. The predicted octanol–water partition coefficient (Wildman–Crippen LogP) is 1.86. The van der Waals surface area contributed by atoms with Gasteiger partial charge in [0.2, 0.25) is 0 Å². The lowest BCUT2D eigenvalue weighted by Crippen LogP contribution is -2.24. The van der Waals surface area contributed by atoms with E-state index in [1.165, 1.54) is 0 Å². The first kappa shape index (κ1) is 17.4. The second kappa shape index (κ2) is 7.65. The molecule has 132 valence electrons. The molecule has 0 aliphatic carbocycles. The highest BCUT2D eigenvalue weighted by molar-refractivity contribution is 7.91. The maximum Gasteiger partial charge on any atom is 0.270 e.